The van der Waals surface area contributed by atoms with Crippen molar-refractivity contribution in [3.05, 3.63) is 58.9 Å². The summed E-state index contributed by atoms with van der Waals surface area (Å²) in [6, 6.07) is 11.1. The van der Waals surface area contributed by atoms with Gasteiger partial charge in [-0.1, -0.05) is 72.9 Å². The molecule has 1 aromatic heterocycles. The lowest BCUT2D eigenvalue weighted by molar-refractivity contribution is -0.128. The van der Waals surface area contributed by atoms with Gasteiger partial charge in [-0.25, -0.2) is 0 Å². The number of nitrogens with zero attached hydrogens (tertiary/aromatic N) is 1. The summed E-state index contributed by atoms with van der Waals surface area (Å²) < 4.78 is 11.6. The van der Waals surface area contributed by atoms with Crippen LogP contribution in [0.2, 0.25) is 0 Å². The van der Waals surface area contributed by atoms with E-state index >= 15 is 0 Å². The molecular formula is C29H41N3O3S. The monoisotopic (exact) mass is 511 g/mol. The number of aromatic nitrogens is 1. The smallest absolute Gasteiger partial charge is 0.252 e. The first-order valence-electron chi connectivity index (χ1n) is 12.8. The van der Waals surface area contributed by atoms with E-state index in [1.807, 2.05) is 36.4 Å². The summed E-state index contributed by atoms with van der Waals surface area (Å²) in [6.45, 7) is 12.9. The third-order valence-corrected chi connectivity index (χ3v) is 7.76. The lowest BCUT2D eigenvalue weighted by Gasteiger charge is -2.37. The van der Waals surface area contributed by atoms with E-state index in [1.165, 1.54) is 0 Å². The van der Waals surface area contributed by atoms with E-state index in [1.54, 1.807) is 6.26 Å². The summed E-state index contributed by atoms with van der Waals surface area (Å²) in [7, 11) is -1.04. The van der Waals surface area contributed by atoms with E-state index in [4.69, 9.17) is 4.98 Å². The van der Waals surface area contributed by atoms with Gasteiger partial charge in [0.15, 0.2) is 0 Å². The lowest BCUT2D eigenvalue weighted by atomic mass is 9.80. The fraction of sp³-hybridized carbons (Fsp3) is 0.552. The second-order valence-electron chi connectivity index (χ2n) is 12.0. The zero-order chi connectivity index (χ0) is 26.7. The van der Waals surface area contributed by atoms with Crippen molar-refractivity contribution in [2.24, 2.45) is 0 Å². The minimum atomic E-state index is -1.04. The summed E-state index contributed by atoms with van der Waals surface area (Å²) in [5, 5.41) is 6.19. The fourth-order valence-corrected chi connectivity index (χ4v) is 4.95. The van der Waals surface area contributed by atoms with Gasteiger partial charge in [0.2, 0.25) is 5.91 Å². The molecule has 2 N–H and O–H groups in total. The molecule has 1 aliphatic carbocycles. The number of carbonyl (C=O) groups excluding carboxylic acids is 2. The SMILES string of the molecule is CS(=O)c1ccc(CNC(=O)C2(NC(=O)c3cc(C(C)(C)C)nc(C(C)(C)C)c3)CCCCC2)cc1. The lowest BCUT2D eigenvalue weighted by Crippen LogP contribution is -2.59. The van der Waals surface area contributed by atoms with Gasteiger partial charge in [0.25, 0.3) is 5.91 Å². The third-order valence-electron chi connectivity index (χ3n) is 6.83. The van der Waals surface area contributed by atoms with E-state index in [9.17, 15) is 13.8 Å². The van der Waals surface area contributed by atoms with Crippen molar-refractivity contribution in [1.82, 2.24) is 15.6 Å². The topological polar surface area (TPSA) is 88.2 Å². The molecule has 2 aromatic rings. The highest BCUT2D eigenvalue weighted by Crippen LogP contribution is 2.31. The van der Waals surface area contributed by atoms with Crippen LogP contribution in [0.5, 0.6) is 0 Å². The van der Waals surface area contributed by atoms with Crippen molar-refractivity contribution in [1.29, 1.82) is 0 Å². The molecule has 196 valence electrons. The van der Waals surface area contributed by atoms with Crippen molar-refractivity contribution in [2.75, 3.05) is 6.26 Å². The van der Waals surface area contributed by atoms with Crippen LogP contribution < -0.4 is 10.6 Å². The molecule has 0 bridgehead atoms. The largest absolute Gasteiger partial charge is 0.350 e. The molecule has 1 aromatic carbocycles. The Bertz CT molecular complexity index is 1090. The molecule has 7 heteroatoms. The Kier molecular flexibility index (Phi) is 8.44. The Balaban J connectivity index is 1.84. The van der Waals surface area contributed by atoms with Gasteiger partial charge in [-0.15, -0.1) is 0 Å². The predicted molar refractivity (Wildman–Crippen MR) is 146 cm³/mol. The number of nitrogens with one attached hydrogen (secondary N) is 2. The number of hydrogen-bond donors (Lipinski definition) is 2. The minimum absolute atomic E-state index is 0.153. The Hall–Kier alpha value is -2.54. The number of amides is 2. The zero-order valence-electron chi connectivity index (χ0n) is 22.8. The van der Waals surface area contributed by atoms with Gasteiger partial charge < -0.3 is 10.6 Å². The Labute approximate surface area is 218 Å². The number of carbonyl (C=O) groups is 2. The first kappa shape index (κ1) is 28.0. The van der Waals surface area contributed by atoms with Gasteiger partial charge >= 0.3 is 0 Å². The normalized spacial score (nSPS) is 16.8. The van der Waals surface area contributed by atoms with Gasteiger partial charge in [-0.05, 0) is 42.7 Å². The number of pyridine rings is 1. The van der Waals surface area contributed by atoms with Crippen LogP contribution in [0.4, 0.5) is 0 Å². The van der Waals surface area contributed by atoms with Crippen molar-refractivity contribution in [3.8, 4) is 0 Å². The molecule has 1 unspecified atom stereocenters. The molecule has 2 amide bonds. The third kappa shape index (κ3) is 6.81. The maximum absolute atomic E-state index is 13.6. The maximum atomic E-state index is 13.6. The molecule has 1 saturated carbocycles. The highest BCUT2D eigenvalue weighted by Gasteiger charge is 2.41. The van der Waals surface area contributed by atoms with Crippen molar-refractivity contribution < 1.29 is 13.8 Å². The fourth-order valence-electron chi connectivity index (χ4n) is 4.43. The summed E-state index contributed by atoms with van der Waals surface area (Å²) in [5.74, 6) is -0.389. The molecule has 6 nitrogen and oxygen atoms in total. The van der Waals surface area contributed by atoms with Crippen molar-refractivity contribution >= 4 is 22.6 Å². The first-order valence-corrected chi connectivity index (χ1v) is 14.3. The van der Waals surface area contributed by atoms with Crippen LogP contribution in [0.1, 0.15) is 101 Å². The van der Waals surface area contributed by atoms with Crippen molar-refractivity contribution in [3.63, 3.8) is 0 Å². The number of benzene rings is 1. The Morgan fingerprint density at radius 2 is 1.44 bits per heavy atom. The summed E-state index contributed by atoms with van der Waals surface area (Å²) >= 11 is 0. The van der Waals surface area contributed by atoms with E-state index in [0.717, 1.165) is 41.1 Å². The summed E-state index contributed by atoms with van der Waals surface area (Å²) in [4.78, 5) is 32.7. The first-order chi connectivity index (χ1) is 16.7. The van der Waals surface area contributed by atoms with Crippen LogP contribution in [-0.2, 0) is 33.0 Å². The van der Waals surface area contributed by atoms with Crippen molar-refractivity contribution in [2.45, 2.75) is 101 Å². The van der Waals surface area contributed by atoms with Crippen LogP contribution in [0.25, 0.3) is 0 Å². The quantitative estimate of drug-likeness (QED) is 0.561. The molecule has 36 heavy (non-hydrogen) atoms. The molecule has 1 fully saturated rings. The molecule has 1 atom stereocenters. The highest BCUT2D eigenvalue weighted by atomic mass is 32.2. The van der Waals surface area contributed by atoms with Gasteiger partial charge in [-0.3, -0.25) is 18.8 Å². The van der Waals surface area contributed by atoms with E-state index in [0.29, 0.717) is 24.9 Å². The Morgan fingerprint density at radius 1 is 0.917 bits per heavy atom. The standard InChI is InChI=1S/C29H41N3O3S/c1-27(2,3)23-17-21(18-24(31-23)28(4,5)6)25(33)32-29(15-9-8-10-16-29)26(34)30-19-20-11-13-22(14-12-20)36(7)35/h11-14,17-18H,8-10,15-16,19H2,1-7H3,(H,30,34)(H,32,33). The van der Waals surface area contributed by atoms with Crippen LogP contribution in [0, 0.1) is 0 Å². The van der Waals surface area contributed by atoms with Gasteiger partial charge in [0.05, 0.1) is 0 Å². The second kappa shape index (κ2) is 10.8. The van der Waals surface area contributed by atoms with Gasteiger partial charge in [0.1, 0.15) is 5.54 Å². The van der Waals surface area contributed by atoms with E-state index < -0.39 is 16.3 Å². The van der Waals surface area contributed by atoms with Crippen LogP contribution in [-0.4, -0.2) is 32.8 Å². The zero-order valence-corrected chi connectivity index (χ0v) is 23.6. The van der Waals surface area contributed by atoms with Crippen LogP contribution >= 0.6 is 0 Å². The van der Waals surface area contributed by atoms with Gasteiger partial charge in [0, 0.05) is 56.3 Å². The molecule has 1 aliphatic rings. The Morgan fingerprint density at radius 3 is 1.92 bits per heavy atom. The molecule has 0 spiro atoms. The highest BCUT2D eigenvalue weighted by molar-refractivity contribution is 7.84. The average molecular weight is 512 g/mol. The van der Waals surface area contributed by atoms with E-state index in [-0.39, 0.29) is 22.6 Å². The van der Waals surface area contributed by atoms with Crippen LogP contribution in [0.15, 0.2) is 41.3 Å². The summed E-state index contributed by atoms with van der Waals surface area (Å²) in [5.41, 5.74) is 1.83. The van der Waals surface area contributed by atoms with E-state index in [2.05, 4.69) is 52.2 Å². The van der Waals surface area contributed by atoms with Gasteiger partial charge in [-0.2, -0.15) is 0 Å². The molecule has 1 heterocycles. The molecule has 3 rings (SSSR count). The second-order valence-corrected chi connectivity index (χ2v) is 13.4. The molecule has 0 radical (unpaired) electrons. The average Bonchev–Trinajstić information content (AvgIpc) is 2.82. The number of hydrogen-bond acceptors (Lipinski definition) is 4. The van der Waals surface area contributed by atoms with Crippen LogP contribution in [0.3, 0.4) is 0 Å². The number of rotatable bonds is 6. The minimum Gasteiger partial charge on any atom is -0.350 e. The molecular weight excluding hydrogens is 470 g/mol. The predicted octanol–water partition coefficient (Wildman–Crippen LogP) is 5.16. The molecule has 0 saturated heterocycles. The summed E-state index contributed by atoms with van der Waals surface area (Å²) in [6.07, 6.45) is 5.70. The maximum Gasteiger partial charge on any atom is 0.252 e. The molecule has 0 aliphatic heterocycles.